The molecule has 0 unspecified atom stereocenters. The lowest BCUT2D eigenvalue weighted by atomic mass is 9.81. The van der Waals surface area contributed by atoms with Crippen LogP contribution < -0.4 is 5.32 Å². The highest BCUT2D eigenvalue weighted by atomic mass is 35.5. The van der Waals surface area contributed by atoms with Crippen LogP contribution in [0.1, 0.15) is 32.4 Å². The Morgan fingerprint density at radius 3 is 2.32 bits per heavy atom. The smallest absolute Gasteiger partial charge is 0.0457 e. The van der Waals surface area contributed by atoms with Crippen LogP contribution >= 0.6 is 24.8 Å². The largest absolute Gasteiger partial charge is 0.361 e. The molecular formula is C17H27Cl2N3. The first-order chi connectivity index (χ1) is 9.57. The van der Waals surface area contributed by atoms with Gasteiger partial charge in [-0.2, -0.15) is 0 Å². The fourth-order valence-electron chi connectivity index (χ4n) is 3.47. The second kappa shape index (κ2) is 7.69. The number of rotatable bonds is 2. The lowest BCUT2D eigenvalue weighted by Crippen LogP contribution is -2.48. The van der Waals surface area contributed by atoms with E-state index in [0.717, 1.165) is 26.2 Å². The van der Waals surface area contributed by atoms with Crippen molar-refractivity contribution in [2.45, 2.75) is 26.8 Å². The summed E-state index contributed by atoms with van der Waals surface area (Å²) in [5.41, 5.74) is 2.91. The first-order valence-corrected chi connectivity index (χ1v) is 7.58. The van der Waals surface area contributed by atoms with Crippen LogP contribution in [-0.2, 0) is 0 Å². The molecule has 124 valence electrons. The summed E-state index contributed by atoms with van der Waals surface area (Å²) in [5, 5.41) is 4.82. The van der Waals surface area contributed by atoms with Crippen molar-refractivity contribution in [3.05, 3.63) is 36.0 Å². The fourth-order valence-corrected chi connectivity index (χ4v) is 3.47. The number of piperazine rings is 1. The van der Waals surface area contributed by atoms with E-state index in [1.807, 2.05) is 0 Å². The summed E-state index contributed by atoms with van der Waals surface area (Å²) in [6.07, 6.45) is 2.21. The molecule has 3 nitrogen and oxygen atoms in total. The standard InChI is InChI=1S/C17H25N3.2ClH/c1-17(2,3)16(20-10-8-18-9-11-20)14-12-19-15-7-5-4-6-13(14)15;;/h4-7,12,16,18-19H,8-11H2,1-3H3;2*1H/t16-;;/m1../s1. The molecule has 0 radical (unpaired) electrons. The Labute approximate surface area is 145 Å². The van der Waals surface area contributed by atoms with E-state index in [4.69, 9.17) is 0 Å². The van der Waals surface area contributed by atoms with Gasteiger partial charge in [-0.15, -0.1) is 24.8 Å². The highest BCUT2D eigenvalue weighted by Gasteiger charge is 2.33. The number of para-hydroxylation sites is 1. The quantitative estimate of drug-likeness (QED) is 0.863. The molecule has 1 fully saturated rings. The molecule has 1 aromatic heterocycles. The Morgan fingerprint density at radius 1 is 1.05 bits per heavy atom. The summed E-state index contributed by atoms with van der Waals surface area (Å²) < 4.78 is 0. The minimum Gasteiger partial charge on any atom is -0.361 e. The normalized spacial score (nSPS) is 17.6. The van der Waals surface area contributed by atoms with Crippen LogP contribution in [0.25, 0.3) is 10.9 Å². The van der Waals surface area contributed by atoms with Gasteiger partial charge in [-0.3, -0.25) is 4.90 Å². The first-order valence-electron chi connectivity index (χ1n) is 7.58. The van der Waals surface area contributed by atoms with Crippen LogP contribution in [0.4, 0.5) is 0 Å². The molecule has 1 aliphatic heterocycles. The van der Waals surface area contributed by atoms with E-state index >= 15 is 0 Å². The molecule has 0 amide bonds. The van der Waals surface area contributed by atoms with E-state index in [1.165, 1.54) is 16.5 Å². The number of hydrogen-bond donors (Lipinski definition) is 2. The Balaban J connectivity index is 0.00000121. The van der Waals surface area contributed by atoms with E-state index < -0.39 is 0 Å². The van der Waals surface area contributed by atoms with E-state index in [0.29, 0.717) is 6.04 Å². The zero-order valence-electron chi connectivity index (χ0n) is 13.6. The van der Waals surface area contributed by atoms with E-state index in [2.05, 4.69) is 66.4 Å². The fraction of sp³-hybridized carbons (Fsp3) is 0.529. The van der Waals surface area contributed by atoms with Crippen LogP contribution in [-0.4, -0.2) is 36.1 Å². The second-order valence-electron chi connectivity index (χ2n) is 6.84. The van der Waals surface area contributed by atoms with E-state index in [9.17, 15) is 0 Å². The number of nitrogens with one attached hydrogen (secondary N) is 2. The Bertz CT molecular complexity index is 583. The number of H-pyrrole nitrogens is 1. The lowest BCUT2D eigenvalue weighted by Gasteiger charge is -2.42. The molecule has 2 aromatic rings. The van der Waals surface area contributed by atoms with Crippen LogP contribution in [0, 0.1) is 5.41 Å². The Kier molecular flexibility index (Phi) is 6.75. The maximum atomic E-state index is 3.45. The lowest BCUT2D eigenvalue weighted by molar-refractivity contribution is 0.0872. The van der Waals surface area contributed by atoms with Gasteiger partial charge in [0, 0.05) is 49.3 Å². The number of halogens is 2. The van der Waals surface area contributed by atoms with Crippen LogP contribution in [0.15, 0.2) is 30.5 Å². The summed E-state index contributed by atoms with van der Waals surface area (Å²) in [6.45, 7) is 11.5. The van der Waals surface area contributed by atoms with Gasteiger partial charge in [0.2, 0.25) is 0 Å². The van der Waals surface area contributed by atoms with Gasteiger partial charge in [0.25, 0.3) is 0 Å². The zero-order chi connectivity index (χ0) is 14.2. The van der Waals surface area contributed by atoms with Crippen molar-refractivity contribution in [2.75, 3.05) is 26.2 Å². The summed E-state index contributed by atoms with van der Waals surface area (Å²) in [7, 11) is 0. The molecular weight excluding hydrogens is 317 g/mol. The van der Waals surface area contributed by atoms with Gasteiger partial charge in [0.05, 0.1) is 0 Å². The Morgan fingerprint density at radius 2 is 1.68 bits per heavy atom. The molecule has 2 N–H and O–H groups in total. The van der Waals surface area contributed by atoms with Gasteiger partial charge in [-0.05, 0) is 17.0 Å². The monoisotopic (exact) mass is 343 g/mol. The van der Waals surface area contributed by atoms with E-state index in [1.54, 1.807) is 0 Å². The average Bonchev–Trinajstić information content (AvgIpc) is 2.83. The van der Waals surface area contributed by atoms with Crippen LogP contribution in [0.2, 0.25) is 0 Å². The number of benzene rings is 1. The highest BCUT2D eigenvalue weighted by molar-refractivity contribution is 5.85. The maximum Gasteiger partial charge on any atom is 0.0457 e. The van der Waals surface area contributed by atoms with Gasteiger partial charge in [-0.25, -0.2) is 0 Å². The van der Waals surface area contributed by atoms with Crippen LogP contribution in [0.3, 0.4) is 0 Å². The molecule has 0 bridgehead atoms. The van der Waals surface area contributed by atoms with Gasteiger partial charge in [0.1, 0.15) is 0 Å². The van der Waals surface area contributed by atoms with Gasteiger partial charge < -0.3 is 10.3 Å². The van der Waals surface area contributed by atoms with Crippen molar-refractivity contribution in [3.8, 4) is 0 Å². The molecule has 3 rings (SSSR count). The number of hydrogen-bond acceptors (Lipinski definition) is 2. The second-order valence-corrected chi connectivity index (χ2v) is 6.84. The van der Waals surface area contributed by atoms with Crippen molar-refractivity contribution < 1.29 is 0 Å². The molecule has 1 aliphatic rings. The van der Waals surface area contributed by atoms with Gasteiger partial charge in [0.15, 0.2) is 0 Å². The number of fused-ring (bicyclic) bond motifs is 1. The third-order valence-electron chi connectivity index (χ3n) is 4.25. The molecule has 1 saturated heterocycles. The maximum absolute atomic E-state index is 3.45. The molecule has 1 atom stereocenters. The van der Waals surface area contributed by atoms with Crippen molar-refractivity contribution in [3.63, 3.8) is 0 Å². The summed E-state index contributed by atoms with van der Waals surface area (Å²) in [6, 6.07) is 9.09. The molecule has 22 heavy (non-hydrogen) atoms. The van der Waals surface area contributed by atoms with Crippen molar-refractivity contribution in [1.82, 2.24) is 15.2 Å². The van der Waals surface area contributed by atoms with Crippen molar-refractivity contribution >= 4 is 35.7 Å². The molecule has 0 aliphatic carbocycles. The topological polar surface area (TPSA) is 31.1 Å². The SMILES string of the molecule is CC(C)(C)[C@@H](c1c[nH]c2ccccc12)N1CCNCC1.Cl.Cl. The molecule has 0 saturated carbocycles. The highest BCUT2D eigenvalue weighted by Crippen LogP contribution is 2.40. The minimum atomic E-state index is 0. The number of aromatic amines is 1. The predicted molar refractivity (Wildman–Crippen MR) is 99.4 cm³/mol. The number of nitrogens with zero attached hydrogens (tertiary/aromatic N) is 1. The molecule has 5 heteroatoms. The predicted octanol–water partition coefficient (Wildman–Crippen LogP) is 4.00. The number of aromatic nitrogens is 1. The van der Waals surface area contributed by atoms with Crippen LogP contribution in [0.5, 0.6) is 0 Å². The summed E-state index contributed by atoms with van der Waals surface area (Å²) in [4.78, 5) is 6.07. The molecule has 2 heterocycles. The Hall–Kier alpha value is -0.740. The van der Waals surface area contributed by atoms with Crippen molar-refractivity contribution in [1.29, 1.82) is 0 Å². The van der Waals surface area contributed by atoms with Gasteiger partial charge in [-0.1, -0.05) is 39.0 Å². The average molecular weight is 344 g/mol. The first kappa shape index (κ1) is 19.3. The molecule has 0 spiro atoms. The molecule has 1 aromatic carbocycles. The minimum absolute atomic E-state index is 0. The van der Waals surface area contributed by atoms with E-state index in [-0.39, 0.29) is 30.2 Å². The third-order valence-corrected chi connectivity index (χ3v) is 4.25. The summed E-state index contributed by atoms with van der Waals surface area (Å²) in [5.74, 6) is 0. The van der Waals surface area contributed by atoms with Gasteiger partial charge >= 0.3 is 0 Å². The zero-order valence-corrected chi connectivity index (χ0v) is 15.2. The third kappa shape index (κ3) is 3.77. The summed E-state index contributed by atoms with van der Waals surface area (Å²) >= 11 is 0. The van der Waals surface area contributed by atoms with Crippen molar-refractivity contribution in [2.24, 2.45) is 5.41 Å².